The molecule has 1 heterocycles. The fraction of sp³-hybridized carbons (Fsp3) is 0.250. The summed E-state index contributed by atoms with van der Waals surface area (Å²) in [5.74, 6) is 0. The van der Waals surface area contributed by atoms with Crippen LogP contribution in [0.15, 0.2) is 17.1 Å². The van der Waals surface area contributed by atoms with Gasteiger partial charge in [0.1, 0.15) is 0 Å². The van der Waals surface area contributed by atoms with E-state index in [0.717, 1.165) is 5.70 Å². The molecule has 0 aromatic carbocycles. The zero-order chi connectivity index (χ0) is 8.27. The summed E-state index contributed by atoms with van der Waals surface area (Å²) in [4.78, 5) is 1.18. The van der Waals surface area contributed by atoms with E-state index in [-0.39, 0.29) is 0 Å². The predicted molar refractivity (Wildman–Crippen MR) is 47.6 cm³/mol. The van der Waals surface area contributed by atoms with Gasteiger partial charge < -0.3 is 0 Å². The van der Waals surface area contributed by atoms with Crippen molar-refractivity contribution in [1.82, 2.24) is 5.48 Å². The Balaban J connectivity index is 2.86. The SMILES string of the molecule is C/C(=C\c1sccc1C)NO. The summed E-state index contributed by atoms with van der Waals surface area (Å²) in [7, 11) is 0. The van der Waals surface area contributed by atoms with Gasteiger partial charge in [-0.3, -0.25) is 10.7 Å². The molecule has 11 heavy (non-hydrogen) atoms. The summed E-state index contributed by atoms with van der Waals surface area (Å²) in [6.45, 7) is 3.87. The van der Waals surface area contributed by atoms with Gasteiger partial charge in [-0.15, -0.1) is 11.3 Å². The van der Waals surface area contributed by atoms with Crippen LogP contribution >= 0.6 is 11.3 Å². The van der Waals surface area contributed by atoms with Crippen LogP contribution < -0.4 is 5.48 Å². The zero-order valence-electron chi connectivity index (χ0n) is 6.59. The average Bonchev–Trinajstić information content (AvgIpc) is 2.37. The van der Waals surface area contributed by atoms with E-state index in [4.69, 9.17) is 5.21 Å². The van der Waals surface area contributed by atoms with Crippen LogP contribution in [0.2, 0.25) is 0 Å². The number of allylic oxidation sites excluding steroid dienone is 1. The van der Waals surface area contributed by atoms with Crippen molar-refractivity contribution in [3.63, 3.8) is 0 Å². The van der Waals surface area contributed by atoms with Crippen molar-refractivity contribution in [1.29, 1.82) is 0 Å². The van der Waals surface area contributed by atoms with Gasteiger partial charge in [0.2, 0.25) is 0 Å². The molecule has 0 aliphatic heterocycles. The van der Waals surface area contributed by atoms with Crippen LogP contribution in [-0.4, -0.2) is 5.21 Å². The molecule has 3 heteroatoms. The normalized spacial score (nSPS) is 11.7. The number of hydrogen-bond acceptors (Lipinski definition) is 3. The van der Waals surface area contributed by atoms with Crippen LogP contribution in [0.5, 0.6) is 0 Å². The Labute approximate surface area is 70.1 Å². The lowest BCUT2D eigenvalue weighted by Gasteiger charge is -1.95. The number of hydrogen-bond donors (Lipinski definition) is 2. The Morgan fingerprint density at radius 1 is 1.73 bits per heavy atom. The van der Waals surface area contributed by atoms with E-state index in [1.54, 1.807) is 11.3 Å². The summed E-state index contributed by atoms with van der Waals surface area (Å²) in [6.07, 6.45) is 1.92. The molecule has 60 valence electrons. The fourth-order valence-corrected chi connectivity index (χ4v) is 1.68. The minimum absolute atomic E-state index is 0.760. The van der Waals surface area contributed by atoms with E-state index in [9.17, 15) is 0 Å². The Kier molecular flexibility index (Phi) is 2.68. The molecule has 0 saturated heterocycles. The quantitative estimate of drug-likeness (QED) is 0.666. The summed E-state index contributed by atoms with van der Waals surface area (Å²) in [5.41, 5.74) is 4.10. The van der Waals surface area contributed by atoms with E-state index in [1.807, 2.05) is 25.3 Å². The minimum atomic E-state index is 0.760. The molecule has 0 aliphatic carbocycles. The van der Waals surface area contributed by atoms with Crippen molar-refractivity contribution in [3.05, 3.63) is 27.6 Å². The largest absolute Gasteiger partial charge is 0.291 e. The molecule has 0 spiro atoms. The van der Waals surface area contributed by atoms with Gasteiger partial charge in [-0.25, -0.2) is 0 Å². The second kappa shape index (κ2) is 3.55. The third-order valence-electron chi connectivity index (χ3n) is 1.43. The minimum Gasteiger partial charge on any atom is -0.291 e. The molecular formula is C8H11NOS. The van der Waals surface area contributed by atoms with Crippen molar-refractivity contribution in [2.45, 2.75) is 13.8 Å². The number of nitrogens with one attached hydrogen (secondary N) is 1. The van der Waals surface area contributed by atoms with Gasteiger partial charge in [-0.1, -0.05) is 0 Å². The maximum absolute atomic E-state index is 8.51. The van der Waals surface area contributed by atoms with Crippen LogP contribution in [0.25, 0.3) is 6.08 Å². The zero-order valence-corrected chi connectivity index (χ0v) is 7.40. The molecule has 0 fully saturated rings. The molecule has 1 aromatic heterocycles. The molecule has 0 unspecified atom stereocenters. The van der Waals surface area contributed by atoms with Gasteiger partial charge in [0.25, 0.3) is 0 Å². The third kappa shape index (κ3) is 2.06. The monoisotopic (exact) mass is 169 g/mol. The van der Waals surface area contributed by atoms with E-state index in [1.165, 1.54) is 10.4 Å². The maximum Gasteiger partial charge on any atom is 0.0359 e. The maximum atomic E-state index is 8.51. The summed E-state index contributed by atoms with van der Waals surface area (Å²) < 4.78 is 0. The molecule has 0 radical (unpaired) electrons. The highest BCUT2D eigenvalue weighted by molar-refractivity contribution is 7.11. The van der Waals surface area contributed by atoms with Crippen molar-refractivity contribution in [2.24, 2.45) is 0 Å². The van der Waals surface area contributed by atoms with E-state index in [0.29, 0.717) is 0 Å². The lowest BCUT2D eigenvalue weighted by atomic mass is 10.2. The molecular weight excluding hydrogens is 158 g/mol. The summed E-state index contributed by atoms with van der Waals surface area (Å²) >= 11 is 1.67. The van der Waals surface area contributed by atoms with Crippen LogP contribution in [0, 0.1) is 6.92 Å². The van der Waals surface area contributed by atoms with Gasteiger partial charge in [-0.05, 0) is 36.9 Å². The summed E-state index contributed by atoms with van der Waals surface area (Å²) in [6, 6.07) is 2.06. The highest BCUT2D eigenvalue weighted by Gasteiger charge is 1.95. The lowest BCUT2D eigenvalue weighted by Crippen LogP contribution is -2.01. The van der Waals surface area contributed by atoms with Crippen LogP contribution in [0.4, 0.5) is 0 Å². The Morgan fingerprint density at radius 3 is 2.91 bits per heavy atom. The Morgan fingerprint density at radius 2 is 2.45 bits per heavy atom. The Hall–Kier alpha value is -0.800. The van der Waals surface area contributed by atoms with Crippen molar-refractivity contribution in [2.75, 3.05) is 0 Å². The van der Waals surface area contributed by atoms with E-state index < -0.39 is 0 Å². The van der Waals surface area contributed by atoms with Gasteiger partial charge in [0.15, 0.2) is 0 Å². The van der Waals surface area contributed by atoms with Gasteiger partial charge in [-0.2, -0.15) is 0 Å². The smallest absolute Gasteiger partial charge is 0.0359 e. The first-order valence-electron chi connectivity index (χ1n) is 3.36. The number of hydroxylamine groups is 1. The second-order valence-corrected chi connectivity index (χ2v) is 3.35. The highest BCUT2D eigenvalue weighted by Crippen LogP contribution is 2.17. The number of rotatable bonds is 2. The Bertz CT molecular complexity index is 265. The highest BCUT2D eigenvalue weighted by atomic mass is 32.1. The molecule has 2 nitrogen and oxygen atoms in total. The van der Waals surface area contributed by atoms with Crippen molar-refractivity contribution >= 4 is 17.4 Å². The number of aryl methyl sites for hydroxylation is 1. The molecule has 2 N–H and O–H groups in total. The van der Waals surface area contributed by atoms with Crippen LogP contribution in [0.1, 0.15) is 17.4 Å². The second-order valence-electron chi connectivity index (χ2n) is 2.41. The fourth-order valence-electron chi connectivity index (χ4n) is 0.761. The van der Waals surface area contributed by atoms with Gasteiger partial charge >= 0.3 is 0 Å². The first kappa shape index (κ1) is 8.30. The lowest BCUT2D eigenvalue weighted by molar-refractivity contribution is 0.202. The standard InChI is InChI=1S/C8H11NOS/c1-6-3-4-11-8(6)5-7(2)9-10/h3-5,9-10H,1-2H3/b7-5+. The predicted octanol–water partition coefficient (Wildman–Crippen LogP) is 2.40. The average molecular weight is 169 g/mol. The van der Waals surface area contributed by atoms with Crippen LogP contribution in [0.3, 0.4) is 0 Å². The van der Waals surface area contributed by atoms with Gasteiger partial charge in [0.05, 0.1) is 0 Å². The van der Waals surface area contributed by atoms with E-state index >= 15 is 0 Å². The van der Waals surface area contributed by atoms with E-state index in [2.05, 4.69) is 11.5 Å². The third-order valence-corrected chi connectivity index (χ3v) is 2.39. The topological polar surface area (TPSA) is 32.3 Å². The van der Waals surface area contributed by atoms with Gasteiger partial charge in [0, 0.05) is 10.6 Å². The number of thiophene rings is 1. The molecule has 0 bridgehead atoms. The van der Waals surface area contributed by atoms with Crippen molar-refractivity contribution < 1.29 is 5.21 Å². The molecule has 0 amide bonds. The molecule has 0 atom stereocenters. The summed E-state index contributed by atoms with van der Waals surface area (Å²) in [5, 5.41) is 10.5. The molecule has 1 aromatic rings. The molecule has 1 rings (SSSR count). The molecule has 0 aliphatic rings. The molecule has 0 saturated carbocycles. The van der Waals surface area contributed by atoms with Crippen LogP contribution in [-0.2, 0) is 0 Å². The first-order chi connectivity index (χ1) is 5.24. The first-order valence-corrected chi connectivity index (χ1v) is 4.24. The van der Waals surface area contributed by atoms with Crippen molar-refractivity contribution in [3.8, 4) is 0 Å².